The van der Waals surface area contributed by atoms with Crippen LogP contribution in [-0.2, 0) is 6.54 Å². The van der Waals surface area contributed by atoms with E-state index in [1.165, 1.54) is 4.88 Å². The summed E-state index contributed by atoms with van der Waals surface area (Å²) in [6.07, 6.45) is 2.12. The van der Waals surface area contributed by atoms with Crippen molar-refractivity contribution in [3.8, 4) is 11.8 Å². The Morgan fingerprint density at radius 3 is 3.06 bits per heavy atom. The van der Waals surface area contributed by atoms with Gasteiger partial charge in [0.05, 0.1) is 0 Å². The van der Waals surface area contributed by atoms with Gasteiger partial charge in [0, 0.05) is 29.3 Å². The molecule has 0 bridgehead atoms. The maximum absolute atomic E-state index is 8.67. The highest BCUT2D eigenvalue weighted by Gasteiger charge is 2.05. The standard InChI is InChI=1S/C12H17NOS2/c1-13(6-9-15-2)10-12-11(4-3-7-14)5-8-16-12/h5,8,14H,6-7,9-10H2,1-2H3. The van der Waals surface area contributed by atoms with Crippen molar-refractivity contribution in [2.24, 2.45) is 0 Å². The Bertz CT molecular complexity index is 365. The molecule has 0 aliphatic carbocycles. The van der Waals surface area contributed by atoms with Gasteiger partial charge in [-0.2, -0.15) is 11.8 Å². The smallest absolute Gasteiger partial charge is 0.104 e. The van der Waals surface area contributed by atoms with Crippen LogP contribution in [0.25, 0.3) is 0 Å². The first-order valence-electron chi connectivity index (χ1n) is 5.11. The van der Waals surface area contributed by atoms with Crippen LogP contribution in [0.5, 0.6) is 0 Å². The van der Waals surface area contributed by atoms with Crippen LogP contribution in [0.2, 0.25) is 0 Å². The van der Waals surface area contributed by atoms with Crippen LogP contribution in [0, 0.1) is 11.8 Å². The first-order chi connectivity index (χ1) is 7.77. The first-order valence-corrected chi connectivity index (χ1v) is 7.39. The molecule has 0 unspecified atom stereocenters. The molecule has 4 heteroatoms. The van der Waals surface area contributed by atoms with Crippen LogP contribution >= 0.6 is 23.1 Å². The third-order valence-corrected chi connectivity index (χ3v) is 3.63. The minimum absolute atomic E-state index is 0.0718. The van der Waals surface area contributed by atoms with Crippen molar-refractivity contribution in [1.82, 2.24) is 4.90 Å². The van der Waals surface area contributed by atoms with Gasteiger partial charge in [0.1, 0.15) is 6.61 Å². The first kappa shape index (κ1) is 13.6. The monoisotopic (exact) mass is 255 g/mol. The van der Waals surface area contributed by atoms with Gasteiger partial charge in [0.2, 0.25) is 0 Å². The van der Waals surface area contributed by atoms with Crippen molar-refractivity contribution < 1.29 is 5.11 Å². The average molecular weight is 255 g/mol. The van der Waals surface area contributed by atoms with E-state index in [2.05, 4.69) is 35.4 Å². The number of aliphatic hydroxyl groups is 1. The SMILES string of the molecule is CSCCN(C)Cc1sccc1C#CCO. The van der Waals surface area contributed by atoms with E-state index in [1.807, 2.05) is 17.8 Å². The summed E-state index contributed by atoms with van der Waals surface area (Å²) < 4.78 is 0. The zero-order valence-electron chi connectivity index (χ0n) is 9.69. The Morgan fingerprint density at radius 2 is 2.38 bits per heavy atom. The number of nitrogens with zero attached hydrogens (tertiary/aromatic N) is 1. The van der Waals surface area contributed by atoms with Crippen molar-refractivity contribution >= 4 is 23.1 Å². The zero-order chi connectivity index (χ0) is 11.8. The lowest BCUT2D eigenvalue weighted by Gasteiger charge is -2.14. The topological polar surface area (TPSA) is 23.5 Å². The fourth-order valence-electron chi connectivity index (χ4n) is 1.28. The summed E-state index contributed by atoms with van der Waals surface area (Å²) in [5.74, 6) is 6.83. The molecular weight excluding hydrogens is 238 g/mol. The molecule has 16 heavy (non-hydrogen) atoms. The predicted octanol–water partition coefficient (Wildman–Crippen LogP) is 1.89. The summed E-state index contributed by atoms with van der Waals surface area (Å²) in [6.45, 7) is 1.96. The number of thiophene rings is 1. The number of thioether (sulfide) groups is 1. The van der Waals surface area contributed by atoms with E-state index in [9.17, 15) is 0 Å². The van der Waals surface area contributed by atoms with Gasteiger partial charge in [-0.1, -0.05) is 11.8 Å². The molecule has 0 saturated heterocycles. The molecule has 0 aliphatic heterocycles. The molecule has 0 aliphatic rings. The Hall–Kier alpha value is -0.470. The highest BCUT2D eigenvalue weighted by molar-refractivity contribution is 7.98. The lowest BCUT2D eigenvalue weighted by atomic mass is 10.2. The van der Waals surface area contributed by atoms with Crippen LogP contribution in [0.4, 0.5) is 0 Å². The van der Waals surface area contributed by atoms with E-state index in [0.717, 1.165) is 24.4 Å². The van der Waals surface area contributed by atoms with Crippen molar-refractivity contribution in [2.75, 3.05) is 32.2 Å². The van der Waals surface area contributed by atoms with E-state index in [-0.39, 0.29) is 6.61 Å². The molecule has 2 nitrogen and oxygen atoms in total. The third kappa shape index (κ3) is 4.58. The third-order valence-electron chi connectivity index (χ3n) is 2.14. The fourth-order valence-corrected chi connectivity index (χ4v) is 2.68. The number of hydrogen-bond acceptors (Lipinski definition) is 4. The van der Waals surface area contributed by atoms with Crippen LogP contribution in [-0.4, -0.2) is 42.2 Å². The molecule has 1 rings (SSSR count). The molecule has 0 atom stereocenters. The summed E-state index contributed by atoms with van der Waals surface area (Å²) in [6, 6.07) is 2.02. The van der Waals surface area contributed by atoms with Gasteiger partial charge < -0.3 is 10.0 Å². The summed E-state index contributed by atoms with van der Waals surface area (Å²) in [5.41, 5.74) is 1.05. The maximum atomic E-state index is 8.67. The molecule has 1 aromatic rings. The molecule has 1 N–H and O–H groups in total. The van der Waals surface area contributed by atoms with E-state index < -0.39 is 0 Å². The molecule has 0 saturated carbocycles. The van der Waals surface area contributed by atoms with Gasteiger partial charge in [-0.05, 0) is 24.7 Å². The minimum Gasteiger partial charge on any atom is -0.384 e. The number of rotatable bonds is 5. The van der Waals surface area contributed by atoms with Crippen molar-refractivity contribution in [3.63, 3.8) is 0 Å². The lowest BCUT2D eigenvalue weighted by molar-refractivity contribution is 0.350. The average Bonchev–Trinajstić information content (AvgIpc) is 2.71. The van der Waals surface area contributed by atoms with Gasteiger partial charge in [-0.15, -0.1) is 11.3 Å². The molecule has 0 radical (unpaired) electrons. The highest BCUT2D eigenvalue weighted by Crippen LogP contribution is 2.17. The van der Waals surface area contributed by atoms with Crippen LogP contribution in [0.3, 0.4) is 0 Å². The van der Waals surface area contributed by atoms with Crippen molar-refractivity contribution in [2.45, 2.75) is 6.54 Å². The summed E-state index contributed by atoms with van der Waals surface area (Å²) in [5, 5.41) is 10.7. The number of aliphatic hydroxyl groups excluding tert-OH is 1. The second-order valence-electron chi connectivity index (χ2n) is 3.45. The van der Waals surface area contributed by atoms with Crippen molar-refractivity contribution in [1.29, 1.82) is 0 Å². The fraction of sp³-hybridized carbons (Fsp3) is 0.500. The predicted molar refractivity (Wildman–Crippen MR) is 73.0 cm³/mol. The Morgan fingerprint density at radius 1 is 1.56 bits per heavy atom. The Labute approximate surface area is 106 Å². The molecule has 88 valence electrons. The van der Waals surface area contributed by atoms with Crippen LogP contribution < -0.4 is 0 Å². The van der Waals surface area contributed by atoms with E-state index >= 15 is 0 Å². The van der Waals surface area contributed by atoms with E-state index in [1.54, 1.807) is 11.3 Å². The van der Waals surface area contributed by atoms with E-state index in [0.29, 0.717) is 0 Å². The van der Waals surface area contributed by atoms with Gasteiger partial charge in [-0.3, -0.25) is 0 Å². The van der Waals surface area contributed by atoms with Gasteiger partial charge in [0.15, 0.2) is 0 Å². The molecule has 0 amide bonds. The zero-order valence-corrected chi connectivity index (χ0v) is 11.3. The van der Waals surface area contributed by atoms with Gasteiger partial charge >= 0.3 is 0 Å². The molecule has 1 heterocycles. The Balaban J connectivity index is 2.56. The van der Waals surface area contributed by atoms with Crippen LogP contribution in [0.15, 0.2) is 11.4 Å². The normalized spacial score (nSPS) is 10.2. The second kappa shape index (κ2) is 7.75. The quantitative estimate of drug-likeness (QED) is 0.813. The second-order valence-corrected chi connectivity index (χ2v) is 5.43. The van der Waals surface area contributed by atoms with Crippen molar-refractivity contribution in [3.05, 3.63) is 21.9 Å². The van der Waals surface area contributed by atoms with E-state index in [4.69, 9.17) is 5.11 Å². The lowest BCUT2D eigenvalue weighted by Crippen LogP contribution is -2.20. The molecule has 1 aromatic heterocycles. The summed E-state index contributed by atoms with van der Waals surface area (Å²) in [7, 11) is 2.12. The van der Waals surface area contributed by atoms with Gasteiger partial charge in [0.25, 0.3) is 0 Å². The summed E-state index contributed by atoms with van der Waals surface area (Å²) >= 11 is 3.59. The summed E-state index contributed by atoms with van der Waals surface area (Å²) in [4.78, 5) is 3.58. The molecule has 0 spiro atoms. The number of hydrogen-bond donors (Lipinski definition) is 1. The highest BCUT2D eigenvalue weighted by atomic mass is 32.2. The van der Waals surface area contributed by atoms with Crippen LogP contribution in [0.1, 0.15) is 10.4 Å². The maximum Gasteiger partial charge on any atom is 0.104 e. The van der Waals surface area contributed by atoms with Gasteiger partial charge in [-0.25, -0.2) is 0 Å². The molecular formula is C12H17NOS2. The molecule has 0 fully saturated rings. The Kier molecular flexibility index (Phi) is 6.58. The minimum atomic E-state index is -0.0718. The largest absolute Gasteiger partial charge is 0.384 e. The molecule has 0 aromatic carbocycles.